The first-order valence-electron chi connectivity index (χ1n) is 7.05. The standard InChI is InChI=1S/C15H17ClN4O/c16-11-5-3-10(4-6-11)13-9-18-20-15(13)19-14(21)8-12-2-1-7-17-12/h3-6,9,12,17H,1-2,7-8H2,(H2,18,19,20,21)/t12-/m1/s1. The molecule has 3 rings (SSSR count). The Bertz CT molecular complexity index is 617. The molecule has 5 nitrogen and oxygen atoms in total. The lowest BCUT2D eigenvalue weighted by molar-refractivity contribution is -0.116. The van der Waals surface area contributed by atoms with Crippen LogP contribution in [0.4, 0.5) is 5.82 Å². The normalized spacial score (nSPS) is 17.9. The molecule has 1 atom stereocenters. The van der Waals surface area contributed by atoms with E-state index in [2.05, 4.69) is 20.8 Å². The summed E-state index contributed by atoms with van der Waals surface area (Å²) in [5, 5.41) is 13.8. The molecule has 1 fully saturated rings. The Labute approximate surface area is 128 Å². The predicted molar refractivity (Wildman–Crippen MR) is 83.3 cm³/mol. The summed E-state index contributed by atoms with van der Waals surface area (Å²) < 4.78 is 0. The molecule has 6 heteroatoms. The molecule has 0 radical (unpaired) electrons. The van der Waals surface area contributed by atoms with E-state index in [1.807, 2.05) is 24.3 Å². The average molecular weight is 305 g/mol. The Morgan fingerprint density at radius 1 is 1.38 bits per heavy atom. The largest absolute Gasteiger partial charge is 0.313 e. The molecule has 2 aromatic rings. The quantitative estimate of drug-likeness (QED) is 0.813. The SMILES string of the molecule is O=C(C[C@H]1CCCN1)Nc1[nH]ncc1-c1ccc(Cl)cc1. The monoisotopic (exact) mass is 304 g/mol. The average Bonchev–Trinajstić information content (AvgIpc) is 3.11. The zero-order valence-electron chi connectivity index (χ0n) is 11.5. The van der Waals surface area contributed by atoms with E-state index < -0.39 is 0 Å². The van der Waals surface area contributed by atoms with E-state index in [4.69, 9.17) is 11.6 Å². The Kier molecular flexibility index (Phi) is 4.22. The van der Waals surface area contributed by atoms with Crippen LogP contribution >= 0.6 is 11.6 Å². The maximum absolute atomic E-state index is 12.1. The van der Waals surface area contributed by atoms with Crippen molar-refractivity contribution in [2.45, 2.75) is 25.3 Å². The van der Waals surface area contributed by atoms with Crippen LogP contribution in [0.5, 0.6) is 0 Å². The summed E-state index contributed by atoms with van der Waals surface area (Å²) in [7, 11) is 0. The molecule has 2 heterocycles. The summed E-state index contributed by atoms with van der Waals surface area (Å²) in [5.41, 5.74) is 1.82. The van der Waals surface area contributed by atoms with Crippen molar-refractivity contribution in [3.05, 3.63) is 35.5 Å². The van der Waals surface area contributed by atoms with Gasteiger partial charge in [-0.2, -0.15) is 5.10 Å². The molecule has 0 saturated carbocycles. The number of anilines is 1. The molecule has 1 aliphatic rings. The number of amides is 1. The Morgan fingerprint density at radius 2 is 2.19 bits per heavy atom. The number of aromatic nitrogens is 2. The number of benzene rings is 1. The molecular weight excluding hydrogens is 288 g/mol. The highest BCUT2D eigenvalue weighted by atomic mass is 35.5. The van der Waals surface area contributed by atoms with Gasteiger partial charge in [-0.25, -0.2) is 0 Å². The van der Waals surface area contributed by atoms with Crippen molar-refractivity contribution in [1.29, 1.82) is 0 Å². The summed E-state index contributed by atoms with van der Waals surface area (Å²) in [6.07, 6.45) is 4.38. The number of H-pyrrole nitrogens is 1. The zero-order chi connectivity index (χ0) is 14.7. The number of hydrogen-bond donors (Lipinski definition) is 3. The highest BCUT2D eigenvalue weighted by Gasteiger charge is 2.19. The van der Waals surface area contributed by atoms with Crippen LogP contribution in [-0.2, 0) is 4.79 Å². The summed E-state index contributed by atoms with van der Waals surface area (Å²) in [5.74, 6) is 0.620. The summed E-state index contributed by atoms with van der Waals surface area (Å²) in [6.45, 7) is 0.998. The number of rotatable bonds is 4. The minimum Gasteiger partial charge on any atom is -0.313 e. The van der Waals surface area contributed by atoms with Crippen molar-refractivity contribution in [3.63, 3.8) is 0 Å². The lowest BCUT2D eigenvalue weighted by atomic mass is 10.1. The summed E-state index contributed by atoms with van der Waals surface area (Å²) in [6, 6.07) is 7.73. The molecule has 1 aliphatic heterocycles. The van der Waals surface area contributed by atoms with Crippen LogP contribution in [0, 0.1) is 0 Å². The maximum Gasteiger partial charge on any atom is 0.227 e. The molecule has 3 N–H and O–H groups in total. The molecule has 1 saturated heterocycles. The number of halogens is 1. The highest BCUT2D eigenvalue weighted by Crippen LogP contribution is 2.27. The van der Waals surface area contributed by atoms with E-state index in [-0.39, 0.29) is 11.9 Å². The van der Waals surface area contributed by atoms with Gasteiger partial charge >= 0.3 is 0 Å². The second-order valence-corrected chi connectivity index (χ2v) is 5.65. The molecule has 0 bridgehead atoms. The fourth-order valence-electron chi connectivity index (χ4n) is 2.57. The fourth-order valence-corrected chi connectivity index (χ4v) is 2.70. The second kappa shape index (κ2) is 6.28. The van der Waals surface area contributed by atoms with E-state index in [1.54, 1.807) is 6.20 Å². The molecule has 21 heavy (non-hydrogen) atoms. The van der Waals surface area contributed by atoms with Crippen LogP contribution in [0.25, 0.3) is 11.1 Å². The highest BCUT2D eigenvalue weighted by molar-refractivity contribution is 6.30. The Hall–Kier alpha value is -1.85. The molecule has 0 aliphatic carbocycles. The second-order valence-electron chi connectivity index (χ2n) is 5.21. The van der Waals surface area contributed by atoms with E-state index in [0.717, 1.165) is 30.5 Å². The van der Waals surface area contributed by atoms with Crippen molar-refractivity contribution in [1.82, 2.24) is 15.5 Å². The van der Waals surface area contributed by atoms with Gasteiger partial charge in [-0.3, -0.25) is 9.89 Å². The molecule has 1 amide bonds. The van der Waals surface area contributed by atoms with Gasteiger partial charge in [0, 0.05) is 23.0 Å². The van der Waals surface area contributed by atoms with Gasteiger partial charge in [0.05, 0.1) is 6.20 Å². The van der Waals surface area contributed by atoms with Crippen LogP contribution in [0.2, 0.25) is 5.02 Å². The van der Waals surface area contributed by atoms with Crippen LogP contribution in [0.3, 0.4) is 0 Å². The minimum absolute atomic E-state index is 0.00568. The molecule has 1 aromatic carbocycles. The van der Waals surface area contributed by atoms with Crippen LogP contribution in [-0.4, -0.2) is 28.7 Å². The van der Waals surface area contributed by atoms with Crippen molar-refractivity contribution >= 4 is 23.3 Å². The van der Waals surface area contributed by atoms with Gasteiger partial charge in [0.25, 0.3) is 0 Å². The number of nitrogens with one attached hydrogen (secondary N) is 3. The van der Waals surface area contributed by atoms with E-state index >= 15 is 0 Å². The van der Waals surface area contributed by atoms with E-state index in [1.165, 1.54) is 0 Å². The lowest BCUT2D eigenvalue weighted by Gasteiger charge is -2.10. The third-order valence-corrected chi connectivity index (χ3v) is 3.91. The minimum atomic E-state index is -0.00568. The number of carbonyl (C=O) groups excluding carboxylic acids is 1. The summed E-state index contributed by atoms with van der Waals surface area (Å²) in [4.78, 5) is 12.1. The van der Waals surface area contributed by atoms with Gasteiger partial charge < -0.3 is 10.6 Å². The van der Waals surface area contributed by atoms with E-state index in [0.29, 0.717) is 17.3 Å². The lowest BCUT2D eigenvalue weighted by Crippen LogP contribution is -2.27. The maximum atomic E-state index is 12.1. The molecule has 0 unspecified atom stereocenters. The first-order chi connectivity index (χ1) is 10.2. The van der Waals surface area contributed by atoms with Gasteiger partial charge in [0.1, 0.15) is 5.82 Å². The van der Waals surface area contributed by atoms with Gasteiger partial charge in [-0.15, -0.1) is 0 Å². The van der Waals surface area contributed by atoms with Gasteiger partial charge in [-0.05, 0) is 37.1 Å². The van der Waals surface area contributed by atoms with Gasteiger partial charge in [0.15, 0.2) is 0 Å². The predicted octanol–water partition coefficient (Wildman–Crippen LogP) is 2.81. The smallest absolute Gasteiger partial charge is 0.227 e. The van der Waals surface area contributed by atoms with Crippen molar-refractivity contribution in [2.24, 2.45) is 0 Å². The third kappa shape index (κ3) is 3.43. The van der Waals surface area contributed by atoms with Gasteiger partial charge in [-0.1, -0.05) is 23.7 Å². The van der Waals surface area contributed by atoms with E-state index in [9.17, 15) is 4.79 Å². The number of nitrogens with zero attached hydrogens (tertiary/aromatic N) is 1. The number of hydrogen-bond acceptors (Lipinski definition) is 3. The number of aromatic amines is 1. The molecule has 1 aromatic heterocycles. The van der Waals surface area contributed by atoms with Crippen LogP contribution in [0.1, 0.15) is 19.3 Å². The first-order valence-corrected chi connectivity index (χ1v) is 7.43. The Balaban J connectivity index is 1.70. The first kappa shape index (κ1) is 14.1. The number of carbonyl (C=O) groups is 1. The Morgan fingerprint density at radius 3 is 2.90 bits per heavy atom. The van der Waals surface area contributed by atoms with Crippen LogP contribution < -0.4 is 10.6 Å². The van der Waals surface area contributed by atoms with Crippen molar-refractivity contribution in [3.8, 4) is 11.1 Å². The topological polar surface area (TPSA) is 69.8 Å². The molecule has 0 spiro atoms. The van der Waals surface area contributed by atoms with Crippen molar-refractivity contribution < 1.29 is 4.79 Å². The fraction of sp³-hybridized carbons (Fsp3) is 0.333. The third-order valence-electron chi connectivity index (χ3n) is 3.65. The van der Waals surface area contributed by atoms with Gasteiger partial charge in [0.2, 0.25) is 5.91 Å². The molecular formula is C15H17ClN4O. The molecule has 110 valence electrons. The van der Waals surface area contributed by atoms with Crippen molar-refractivity contribution in [2.75, 3.05) is 11.9 Å². The van der Waals surface area contributed by atoms with Crippen LogP contribution in [0.15, 0.2) is 30.5 Å². The summed E-state index contributed by atoms with van der Waals surface area (Å²) >= 11 is 5.89. The zero-order valence-corrected chi connectivity index (χ0v) is 12.3.